The Bertz CT molecular complexity index is 942. The molecule has 1 aromatic carbocycles. The summed E-state index contributed by atoms with van der Waals surface area (Å²) >= 11 is 0. The molecule has 2 aromatic heterocycles. The zero-order chi connectivity index (χ0) is 19.5. The number of piperidine rings is 1. The average Bonchev–Trinajstić information content (AvgIpc) is 3.40. The Morgan fingerprint density at radius 2 is 2.11 bits per heavy atom. The van der Waals surface area contributed by atoms with Gasteiger partial charge in [0, 0.05) is 25.0 Å². The van der Waals surface area contributed by atoms with Crippen molar-refractivity contribution in [2.45, 2.75) is 12.8 Å². The number of aromatic nitrogens is 2. The fourth-order valence-electron chi connectivity index (χ4n) is 3.52. The summed E-state index contributed by atoms with van der Waals surface area (Å²) in [4.78, 5) is 15.0. The Hall–Kier alpha value is -3.26. The van der Waals surface area contributed by atoms with E-state index in [1.807, 2.05) is 12.1 Å². The molecule has 4 rings (SSSR count). The van der Waals surface area contributed by atoms with Crippen molar-refractivity contribution in [1.82, 2.24) is 10.2 Å². The number of nitrogen functional groups attached to an aromatic ring is 1. The number of H-pyrrole nitrogens is 1. The van der Waals surface area contributed by atoms with Gasteiger partial charge >= 0.3 is 0 Å². The van der Waals surface area contributed by atoms with Crippen molar-refractivity contribution in [3.63, 3.8) is 0 Å². The molecule has 146 valence electrons. The van der Waals surface area contributed by atoms with Crippen LogP contribution >= 0.6 is 0 Å². The number of benzene rings is 1. The maximum Gasteiger partial charge on any atom is 0.291 e. The van der Waals surface area contributed by atoms with Crippen molar-refractivity contribution >= 4 is 23.0 Å². The number of nitrogens with one attached hydrogen (secondary N) is 2. The van der Waals surface area contributed by atoms with Crippen molar-refractivity contribution in [2.75, 3.05) is 35.6 Å². The second kappa shape index (κ2) is 7.77. The summed E-state index contributed by atoms with van der Waals surface area (Å²) in [5, 5.41) is 9.56. The lowest BCUT2D eigenvalue weighted by Gasteiger charge is -2.34. The lowest BCUT2D eigenvalue weighted by Crippen LogP contribution is -2.36. The molecule has 8 heteroatoms. The summed E-state index contributed by atoms with van der Waals surface area (Å²) in [6, 6.07) is 8.98. The van der Waals surface area contributed by atoms with Gasteiger partial charge < -0.3 is 26.1 Å². The van der Waals surface area contributed by atoms with Crippen LogP contribution in [0, 0.1) is 5.92 Å². The highest BCUT2D eigenvalue weighted by molar-refractivity contribution is 6.04. The number of nitrogens with zero attached hydrogens (tertiary/aromatic N) is 2. The smallest absolute Gasteiger partial charge is 0.291 e. The molecule has 6 N–H and O–H groups in total. The molecule has 1 aliphatic heterocycles. The van der Waals surface area contributed by atoms with Crippen LogP contribution < -0.4 is 21.7 Å². The number of anilines is 3. The summed E-state index contributed by atoms with van der Waals surface area (Å²) < 4.78 is 5.68. The molecule has 1 amide bonds. The number of nitrogens with two attached hydrogens (primary N) is 2. The van der Waals surface area contributed by atoms with E-state index >= 15 is 0 Å². The molecule has 0 saturated carbocycles. The van der Waals surface area contributed by atoms with Crippen molar-refractivity contribution in [3.8, 4) is 11.3 Å². The zero-order valence-electron chi connectivity index (χ0n) is 15.5. The predicted molar refractivity (Wildman–Crippen MR) is 109 cm³/mol. The zero-order valence-corrected chi connectivity index (χ0v) is 15.5. The lowest BCUT2D eigenvalue weighted by atomic mass is 9.96. The van der Waals surface area contributed by atoms with Gasteiger partial charge in [0.2, 0.25) is 0 Å². The first-order valence-electron chi connectivity index (χ1n) is 9.39. The van der Waals surface area contributed by atoms with Crippen LogP contribution in [0.3, 0.4) is 0 Å². The summed E-state index contributed by atoms with van der Waals surface area (Å²) in [5.41, 5.74) is 14.8. The number of hydrogen-bond acceptors (Lipinski definition) is 6. The molecule has 1 fully saturated rings. The average molecular weight is 380 g/mol. The van der Waals surface area contributed by atoms with Crippen LogP contribution in [0.4, 0.5) is 17.1 Å². The van der Waals surface area contributed by atoms with Crippen LogP contribution in [0.5, 0.6) is 0 Å². The number of aromatic amines is 1. The van der Waals surface area contributed by atoms with E-state index in [1.165, 1.54) is 0 Å². The fourth-order valence-corrected chi connectivity index (χ4v) is 3.52. The van der Waals surface area contributed by atoms with E-state index < -0.39 is 0 Å². The van der Waals surface area contributed by atoms with E-state index in [9.17, 15) is 4.79 Å². The van der Waals surface area contributed by atoms with Crippen molar-refractivity contribution < 1.29 is 9.21 Å². The third-order valence-electron chi connectivity index (χ3n) is 5.17. The molecular formula is C20H24N6O2. The Balaban J connectivity index is 1.53. The number of carbonyl (C=O) groups is 1. The van der Waals surface area contributed by atoms with Gasteiger partial charge in [-0.1, -0.05) is 0 Å². The van der Waals surface area contributed by atoms with Crippen LogP contribution in [-0.4, -0.2) is 35.7 Å². The first-order chi connectivity index (χ1) is 13.6. The van der Waals surface area contributed by atoms with Crippen LogP contribution in [0.15, 0.2) is 47.1 Å². The van der Waals surface area contributed by atoms with Gasteiger partial charge in [-0.15, -0.1) is 0 Å². The molecule has 28 heavy (non-hydrogen) atoms. The number of rotatable bonds is 5. The van der Waals surface area contributed by atoms with Gasteiger partial charge in [-0.25, -0.2) is 0 Å². The maximum atomic E-state index is 12.7. The highest BCUT2D eigenvalue weighted by Gasteiger charge is 2.22. The molecule has 0 radical (unpaired) electrons. The SMILES string of the molecule is NCC1CCN(c2ccc(N)cc2NC(=O)c2ccc(-c3cn[nH]c3)o2)CC1. The summed E-state index contributed by atoms with van der Waals surface area (Å²) in [6.07, 6.45) is 5.43. The van der Waals surface area contributed by atoms with Gasteiger partial charge in [-0.05, 0) is 55.6 Å². The molecule has 1 aliphatic rings. The Labute approximate surface area is 162 Å². The topological polar surface area (TPSA) is 126 Å². The molecule has 0 bridgehead atoms. The quantitative estimate of drug-likeness (QED) is 0.504. The third kappa shape index (κ3) is 3.72. The molecular weight excluding hydrogens is 356 g/mol. The molecule has 0 unspecified atom stereocenters. The van der Waals surface area contributed by atoms with Crippen molar-refractivity contribution in [3.05, 3.63) is 48.5 Å². The third-order valence-corrected chi connectivity index (χ3v) is 5.17. The standard InChI is InChI=1S/C20H24N6O2/c21-10-13-5-7-26(8-6-13)17-2-1-15(22)9-16(17)25-20(27)19-4-3-18(28-19)14-11-23-24-12-14/h1-4,9,11-13H,5-8,10,21-22H2,(H,23,24)(H,25,27). The molecule has 0 spiro atoms. The van der Waals surface area contributed by atoms with Crippen molar-refractivity contribution in [1.29, 1.82) is 0 Å². The van der Waals surface area contributed by atoms with Gasteiger partial charge in [0.15, 0.2) is 5.76 Å². The number of furan rings is 1. The van der Waals surface area contributed by atoms with Crippen LogP contribution in [-0.2, 0) is 0 Å². The molecule has 0 aliphatic carbocycles. The molecule has 8 nitrogen and oxygen atoms in total. The highest BCUT2D eigenvalue weighted by Crippen LogP contribution is 2.32. The minimum atomic E-state index is -0.321. The Morgan fingerprint density at radius 3 is 2.82 bits per heavy atom. The van der Waals surface area contributed by atoms with E-state index in [4.69, 9.17) is 15.9 Å². The van der Waals surface area contributed by atoms with E-state index in [2.05, 4.69) is 20.4 Å². The van der Waals surface area contributed by atoms with Crippen LogP contribution in [0.1, 0.15) is 23.4 Å². The van der Waals surface area contributed by atoms with E-state index in [0.29, 0.717) is 23.1 Å². The number of amides is 1. The molecule has 0 atom stereocenters. The van der Waals surface area contributed by atoms with Gasteiger partial charge in [-0.3, -0.25) is 9.89 Å². The van der Waals surface area contributed by atoms with Crippen LogP contribution in [0.25, 0.3) is 11.3 Å². The predicted octanol–water partition coefficient (Wildman–Crippen LogP) is 2.68. The molecule has 3 heterocycles. The van der Waals surface area contributed by atoms with E-state index in [-0.39, 0.29) is 11.7 Å². The molecule has 1 saturated heterocycles. The summed E-state index contributed by atoms with van der Waals surface area (Å²) in [5.74, 6) is 1.05. The second-order valence-corrected chi connectivity index (χ2v) is 7.05. The normalized spacial score (nSPS) is 15.0. The highest BCUT2D eigenvalue weighted by atomic mass is 16.3. The molecule has 3 aromatic rings. The van der Waals surface area contributed by atoms with E-state index in [1.54, 1.807) is 30.6 Å². The lowest BCUT2D eigenvalue weighted by molar-refractivity contribution is 0.0997. The maximum absolute atomic E-state index is 12.7. The van der Waals surface area contributed by atoms with Gasteiger partial charge in [0.1, 0.15) is 5.76 Å². The van der Waals surface area contributed by atoms with E-state index in [0.717, 1.165) is 43.7 Å². The summed E-state index contributed by atoms with van der Waals surface area (Å²) in [7, 11) is 0. The second-order valence-electron chi connectivity index (χ2n) is 7.05. The minimum Gasteiger partial charge on any atom is -0.451 e. The number of carbonyl (C=O) groups excluding carboxylic acids is 1. The van der Waals surface area contributed by atoms with Gasteiger partial charge in [0.25, 0.3) is 5.91 Å². The fraction of sp³-hybridized carbons (Fsp3) is 0.300. The minimum absolute atomic E-state index is 0.228. The number of hydrogen-bond donors (Lipinski definition) is 4. The summed E-state index contributed by atoms with van der Waals surface area (Å²) in [6.45, 7) is 2.52. The monoisotopic (exact) mass is 380 g/mol. The largest absolute Gasteiger partial charge is 0.451 e. The first-order valence-corrected chi connectivity index (χ1v) is 9.39. The van der Waals surface area contributed by atoms with Crippen molar-refractivity contribution in [2.24, 2.45) is 11.7 Å². The van der Waals surface area contributed by atoms with Gasteiger partial charge in [-0.2, -0.15) is 5.10 Å². The Kier molecular flexibility index (Phi) is 5.03. The Morgan fingerprint density at radius 1 is 1.29 bits per heavy atom. The first kappa shape index (κ1) is 18.1. The van der Waals surface area contributed by atoms with Crippen LogP contribution in [0.2, 0.25) is 0 Å². The van der Waals surface area contributed by atoms with Gasteiger partial charge in [0.05, 0.1) is 23.1 Å².